The van der Waals surface area contributed by atoms with E-state index in [1.54, 1.807) is 0 Å². The Morgan fingerprint density at radius 3 is 2.35 bits per heavy atom. The SMILES string of the molecule is CC1C(=O)CC(O[Si](C)(C)C(C)(C)C)C1CO. The maximum absolute atomic E-state index is 11.7. The van der Waals surface area contributed by atoms with Crippen molar-refractivity contribution < 1.29 is 14.3 Å². The van der Waals surface area contributed by atoms with Gasteiger partial charge in [-0.25, -0.2) is 0 Å². The van der Waals surface area contributed by atoms with Gasteiger partial charge in [-0.05, 0) is 18.1 Å². The summed E-state index contributed by atoms with van der Waals surface area (Å²) in [6.07, 6.45) is 0.391. The Hall–Kier alpha value is -0.193. The largest absolute Gasteiger partial charge is 0.413 e. The van der Waals surface area contributed by atoms with E-state index in [2.05, 4.69) is 33.9 Å². The Kier molecular flexibility index (Phi) is 4.22. The standard InChI is InChI=1S/C13H26O3Si/c1-9-10(8-14)12(7-11(9)15)16-17(5,6)13(2,3)4/h9-10,12,14H,7-8H2,1-6H3. The van der Waals surface area contributed by atoms with Gasteiger partial charge in [0.1, 0.15) is 5.78 Å². The first-order chi connectivity index (χ1) is 7.60. The second-order valence-electron chi connectivity index (χ2n) is 6.72. The molecule has 0 spiro atoms. The smallest absolute Gasteiger partial charge is 0.192 e. The lowest BCUT2D eigenvalue weighted by Crippen LogP contribution is -2.45. The van der Waals surface area contributed by atoms with Gasteiger partial charge in [-0.1, -0.05) is 27.7 Å². The first-order valence-corrected chi connectivity index (χ1v) is 9.32. The van der Waals surface area contributed by atoms with E-state index in [9.17, 15) is 9.90 Å². The average molecular weight is 258 g/mol. The third-order valence-electron chi connectivity index (χ3n) is 4.49. The molecule has 0 aromatic carbocycles. The number of carbonyl (C=O) groups excluding carboxylic acids is 1. The summed E-state index contributed by atoms with van der Waals surface area (Å²) in [5.74, 6) is 0.152. The molecule has 3 atom stereocenters. The molecule has 1 saturated carbocycles. The molecule has 1 fully saturated rings. The number of hydrogen-bond acceptors (Lipinski definition) is 3. The Bertz CT molecular complexity index is 294. The third-order valence-corrected chi connectivity index (χ3v) is 9.00. The van der Waals surface area contributed by atoms with E-state index in [-0.39, 0.29) is 35.4 Å². The summed E-state index contributed by atoms with van der Waals surface area (Å²) in [6, 6.07) is 0. The normalized spacial score (nSPS) is 31.0. The van der Waals surface area contributed by atoms with Crippen molar-refractivity contribution in [1.82, 2.24) is 0 Å². The molecular weight excluding hydrogens is 232 g/mol. The summed E-state index contributed by atoms with van der Waals surface area (Å²) in [6.45, 7) is 12.9. The van der Waals surface area contributed by atoms with Gasteiger partial charge < -0.3 is 9.53 Å². The van der Waals surface area contributed by atoms with Crippen LogP contribution in [0.1, 0.15) is 34.1 Å². The molecule has 0 aliphatic heterocycles. The molecule has 0 radical (unpaired) electrons. The highest BCUT2D eigenvalue weighted by Gasteiger charge is 2.46. The van der Waals surface area contributed by atoms with Crippen molar-refractivity contribution in [3.8, 4) is 0 Å². The highest BCUT2D eigenvalue weighted by Crippen LogP contribution is 2.41. The molecule has 1 rings (SSSR count). The molecule has 0 saturated heterocycles. The molecule has 1 aliphatic rings. The summed E-state index contributed by atoms with van der Waals surface area (Å²) in [7, 11) is -1.85. The van der Waals surface area contributed by atoms with Crippen molar-refractivity contribution in [2.24, 2.45) is 11.8 Å². The molecule has 1 N–H and O–H groups in total. The predicted molar refractivity (Wildman–Crippen MR) is 71.4 cm³/mol. The topological polar surface area (TPSA) is 46.5 Å². The molecular formula is C13H26O3Si. The number of ketones is 1. The van der Waals surface area contributed by atoms with Crippen LogP contribution in [0.15, 0.2) is 0 Å². The summed E-state index contributed by atoms with van der Waals surface area (Å²) in [4.78, 5) is 11.7. The molecule has 17 heavy (non-hydrogen) atoms. The maximum atomic E-state index is 11.7. The fraction of sp³-hybridized carbons (Fsp3) is 0.923. The summed E-state index contributed by atoms with van der Waals surface area (Å²) >= 11 is 0. The van der Waals surface area contributed by atoms with Gasteiger partial charge in [0.05, 0.1) is 6.10 Å². The minimum Gasteiger partial charge on any atom is -0.413 e. The molecule has 3 unspecified atom stereocenters. The van der Waals surface area contributed by atoms with Crippen LogP contribution in [0.5, 0.6) is 0 Å². The van der Waals surface area contributed by atoms with Crippen LogP contribution in [0.3, 0.4) is 0 Å². The number of rotatable bonds is 3. The zero-order valence-corrected chi connectivity index (χ0v) is 12.9. The fourth-order valence-electron chi connectivity index (χ4n) is 2.06. The third kappa shape index (κ3) is 2.98. The van der Waals surface area contributed by atoms with Crippen LogP contribution in [0.4, 0.5) is 0 Å². The van der Waals surface area contributed by atoms with E-state index < -0.39 is 8.32 Å². The molecule has 0 bridgehead atoms. The zero-order chi connectivity index (χ0) is 13.4. The van der Waals surface area contributed by atoms with E-state index in [1.807, 2.05) is 6.92 Å². The van der Waals surface area contributed by atoms with Crippen LogP contribution in [-0.4, -0.2) is 31.9 Å². The van der Waals surface area contributed by atoms with Gasteiger partial charge in [0.2, 0.25) is 0 Å². The molecule has 0 aromatic rings. The number of aliphatic hydroxyl groups is 1. The Morgan fingerprint density at radius 1 is 1.41 bits per heavy atom. The van der Waals surface area contributed by atoms with Crippen LogP contribution in [0.25, 0.3) is 0 Å². The predicted octanol–water partition coefficient (Wildman–Crippen LogP) is 2.59. The van der Waals surface area contributed by atoms with Crippen LogP contribution in [-0.2, 0) is 9.22 Å². The van der Waals surface area contributed by atoms with Gasteiger partial charge in [-0.3, -0.25) is 4.79 Å². The van der Waals surface area contributed by atoms with E-state index in [0.717, 1.165) is 0 Å². The highest BCUT2D eigenvalue weighted by atomic mass is 28.4. The number of aliphatic hydroxyl groups excluding tert-OH is 1. The first kappa shape index (κ1) is 14.9. The highest BCUT2D eigenvalue weighted by molar-refractivity contribution is 6.74. The van der Waals surface area contributed by atoms with Crippen LogP contribution in [0.2, 0.25) is 18.1 Å². The fourth-order valence-corrected chi connectivity index (χ4v) is 3.42. The number of carbonyl (C=O) groups is 1. The van der Waals surface area contributed by atoms with Crippen molar-refractivity contribution in [3.05, 3.63) is 0 Å². The summed E-state index contributed by atoms with van der Waals surface area (Å²) in [5, 5.41) is 9.55. The molecule has 0 amide bonds. The minimum atomic E-state index is -1.85. The number of Topliss-reactive ketones (excluding diaryl/α,β-unsaturated/α-hetero) is 1. The molecule has 0 aromatic heterocycles. The molecule has 4 heteroatoms. The van der Waals surface area contributed by atoms with E-state index in [4.69, 9.17) is 4.43 Å². The van der Waals surface area contributed by atoms with Crippen molar-refractivity contribution in [2.45, 2.75) is 58.4 Å². The first-order valence-electron chi connectivity index (χ1n) is 6.41. The molecule has 0 heterocycles. The molecule has 3 nitrogen and oxygen atoms in total. The molecule has 100 valence electrons. The lowest BCUT2D eigenvalue weighted by Gasteiger charge is -2.39. The minimum absolute atomic E-state index is 0.0170. The van der Waals surface area contributed by atoms with Crippen LogP contribution < -0.4 is 0 Å². The van der Waals surface area contributed by atoms with E-state index >= 15 is 0 Å². The van der Waals surface area contributed by atoms with Crippen molar-refractivity contribution in [3.63, 3.8) is 0 Å². The van der Waals surface area contributed by atoms with Crippen molar-refractivity contribution >= 4 is 14.1 Å². The number of hydrogen-bond donors (Lipinski definition) is 1. The van der Waals surface area contributed by atoms with Crippen LogP contribution in [0, 0.1) is 11.8 Å². The van der Waals surface area contributed by atoms with Gasteiger partial charge in [-0.2, -0.15) is 0 Å². The van der Waals surface area contributed by atoms with E-state index in [0.29, 0.717) is 6.42 Å². The monoisotopic (exact) mass is 258 g/mol. The molecule has 1 aliphatic carbocycles. The van der Waals surface area contributed by atoms with Gasteiger partial charge in [0.15, 0.2) is 8.32 Å². The van der Waals surface area contributed by atoms with Gasteiger partial charge in [-0.15, -0.1) is 0 Å². The lowest BCUT2D eigenvalue weighted by atomic mass is 9.97. The Labute approximate surface area is 106 Å². The lowest BCUT2D eigenvalue weighted by molar-refractivity contribution is -0.121. The van der Waals surface area contributed by atoms with E-state index in [1.165, 1.54) is 0 Å². The average Bonchev–Trinajstić information content (AvgIpc) is 2.39. The van der Waals surface area contributed by atoms with Crippen molar-refractivity contribution in [2.75, 3.05) is 6.61 Å². The quantitative estimate of drug-likeness (QED) is 0.792. The summed E-state index contributed by atoms with van der Waals surface area (Å²) in [5.41, 5.74) is 0. The maximum Gasteiger partial charge on any atom is 0.192 e. The second kappa shape index (κ2) is 4.82. The summed E-state index contributed by atoms with van der Waals surface area (Å²) < 4.78 is 6.27. The second-order valence-corrected chi connectivity index (χ2v) is 11.5. The zero-order valence-electron chi connectivity index (χ0n) is 11.9. The van der Waals surface area contributed by atoms with Crippen LogP contribution >= 0.6 is 0 Å². The Balaban J connectivity index is 2.79. The van der Waals surface area contributed by atoms with Gasteiger partial charge in [0, 0.05) is 24.9 Å². The van der Waals surface area contributed by atoms with Gasteiger partial charge in [0.25, 0.3) is 0 Å². The van der Waals surface area contributed by atoms with Gasteiger partial charge >= 0.3 is 0 Å². The Morgan fingerprint density at radius 2 is 1.94 bits per heavy atom. The van der Waals surface area contributed by atoms with Crippen molar-refractivity contribution in [1.29, 1.82) is 0 Å².